The van der Waals surface area contributed by atoms with Crippen LogP contribution in [0.4, 0.5) is 8.78 Å². The van der Waals surface area contributed by atoms with Gasteiger partial charge < -0.3 is 24.8 Å². The first-order chi connectivity index (χ1) is 13.6. The molecule has 0 atom stereocenters. The van der Waals surface area contributed by atoms with Gasteiger partial charge in [0.05, 0.1) is 20.8 Å². The van der Waals surface area contributed by atoms with Crippen molar-refractivity contribution in [3.8, 4) is 17.2 Å². The number of nitrogens with one attached hydrogen (secondary N) is 2. The SMILES string of the molecule is CCNC(=NCc1ccc(OC)c(OC(F)F)c1)NCc1ccccc1OC.I. The molecule has 0 aliphatic rings. The van der Waals surface area contributed by atoms with Gasteiger partial charge in [0.2, 0.25) is 0 Å². The van der Waals surface area contributed by atoms with E-state index < -0.39 is 6.61 Å². The van der Waals surface area contributed by atoms with Gasteiger partial charge in [0, 0.05) is 18.7 Å². The normalized spacial score (nSPS) is 10.9. The second kappa shape index (κ2) is 13.0. The van der Waals surface area contributed by atoms with Gasteiger partial charge in [0.25, 0.3) is 0 Å². The highest BCUT2D eigenvalue weighted by molar-refractivity contribution is 14.0. The zero-order valence-corrected chi connectivity index (χ0v) is 18.9. The molecule has 2 aromatic rings. The molecule has 2 aromatic carbocycles. The summed E-state index contributed by atoms with van der Waals surface area (Å²) in [5.41, 5.74) is 1.71. The molecule has 29 heavy (non-hydrogen) atoms. The Labute approximate surface area is 186 Å². The number of ether oxygens (including phenoxy) is 3. The van der Waals surface area contributed by atoms with E-state index in [1.807, 2.05) is 31.2 Å². The first kappa shape index (κ1) is 24.7. The predicted molar refractivity (Wildman–Crippen MR) is 120 cm³/mol. The molecule has 0 aliphatic carbocycles. The smallest absolute Gasteiger partial charge is 0.387 e. The number of hydrogen-bond donors (Lipinski definition) is 2. The summed E-state index contributed by atoms with van der Waals surface area (Å²) in [5.74, 6) is 1.61. The lowest BCUT2D eigenvalue weighted by Crippen LogP contribution is -2.36. The Bertz CT molecular complexity index is 791. The maximum Gasteiger partial charge on any atom is 0.387 e. The van der Waals surface area contributed by atoms with Gasteiger partial charge in [-0.2, -0.15) is 8.78 Å². The summed E-state index contributed by atoms with van der Waals surface area (Å²) < 4.78 is 40.0. The molecule has 2 N–H and O–H groups in total. The number of methoxy groups -OCH3 is 2. The first-order valence-electron chi connectivity index (χ1n) is 8.83. The van der Waals surface area contributed by atoms with Gasteiger partial charge in [-0.3, -0.25) is 0 Å². The van der Waals surface area contributed by atoms with Crippen LogP contribution in [0, 0.1) is 0 Å². The Balaban J connectivity index is 0.00000420. The fraction of sp³-hybridized carbons (Fsp3) is 0.350. The van der Waals surface area contributed by atoms with Gasteiger partial charge in [-0.15, -0.1) is 24.0 Å². The topological polar surface area (TPSA) is 64.1 Å². The molecule has 0 aliphatic heterocycles. The second-order valence-corrected chi connectivity index (χ2v) is 5.72. The summed E-state index contributed by atoms with van der Waals surface area (Å²) in [6.07, 6.45) is 0. The number of para-hydroxylation sites is 1. The highest BCUT2D eigenvalue weighted by Gasteiger charge is 2.11. The Morgan fingerprint density at radius 1 is 1.00 bits per heavy atom. The standard InChI is InChI=1S/C20H25F2N3O3.HI/c1-4-23-20(25-13-15-7-5-6-8-16(15)26-2)24-12-14-9-10-17(27-3)18(11-14)28-19(21)22;/h5-11,19H,4,12-13H2,1-3H3,(H2,23,24,25);1H. The van der Waals surface area contributed by atoms with Crippen molar-refractivity contribution in [1.82, 2.24) is 10.6 Å². The van der Waals surface area contributed by atoms with Crippen LogP contribution in [0.25, 0.3) is 0 Å². The van der Waals surface area contributed by atoms with Gasteiger partial charge in [0.15, 0.2) is 17.5 Å². The monoisotopic (exact) mass is 521 g/mol. The molecule has 0 heterocycles. The molecule has 2 rings (SSSR count). The van der Waals surface area contributed by atoms with Crippen molar-refractivity contribution in [2.45, 2.75) is 26.6 Å². The van der Waals surface area contributed by atoms with Gasteiger partial charge in [-0.25, -0.2) is 4.99 Å². The largest absolute Gasteiger partial charge is 0.496 e. The molecule has 160 valence electrons. The van der Waals surface area contributed by atoms with Crippen molar-refractivity contribution >= 4 is 29.9 Å². The van der Waals surface area contributed by atoms with Crippen LogP contribution in [0.2, 0.25) is 0 Å². The Morgan fingerprint density at radius 3 is 2.38 bits per heavy atom. The zero-order valence-electron chi connectivity index (χ0n) is 16.6. The van der Waals surface area contributed by atoms with Crippen molar-refractivity contribution in [1.29, 1.82) is 0 Å². The van der Waals surface area contributed by atoms with Crippen molar-refractivity contribution in [3.63, 3.8) is 0 Å². The number of aliphatic imine (C=N–C) groups is 1. The minimum atomic E-state index is -2.92. The molecule has 0 saturated heterocycles. The average Bonchev–Trinajstić information content (AvgIpc) is 2.70. The molecule has 0 unspecified atom stereocenters. The molecule has 0 bridgehead atoms. The van der Waals surface area contributed by atoms with E-state index in [1.165, 1.54) is 13.2 Å². The minimum Gasteiger partial charge on any atom is -0.496 e. The lowest BCUT2D eigenvalue weighted by Gasteiger charge is -2.14. The summed E-state index contributed by atoms with van der Waals surface area (Å²) in [5, 5.41) is 6.39. The van der Waals surface area contributed by atoms with E-state index >= 15 is 0 Å². The van der Waals surface area contributed by atoms with Crippen LogP contribution >= 0.6 is 24.0 Å². The van der Waals surface area contributed by atoms with Crippen LogP contribution in [-0.4, -0.2) is 33.3 Å². The van der Waals surface area contributed by atoms with E-state index in [1.54, 1.807) is 19.2 Å². The van der Waals surface area contributed by atoms with E-state index in [-0.39, 0.29) is 42.0 Å². The van der Waals surface area contributed by atoms with Crippen molar-refractivity contribution in [3.05, 3.63) is 53.6 Å². The van der Waals surface area contributed by atoms with Crippen LogP contribution < -0.4 is 24.8 Å². The van der Waals surface area contributed by atoms with Crippen LogP contribution in [0.5, 0.6) is 17.2 Å². The molecule has 0 radical (unpaired) electrons. The zero-order chi connectivity index (χ0) is 20.4. The molecule has 0 aromatic heterocycles. The van der Waals surface area contributed by atoms with Crippen molar-refractivity contribution in [2.24, 2.45) is 4.99 Å². The number of benzene rings is 2. The predicted octanol–water partition coefficient (Wildman–Crippen LogP) is 4.18. The number of alkyl halides is 2. The summed E-state index contributed by atoms with van der Waals surface area (Å²) in [6, 6.07) is 12.5. The number of halogens is 3. The molecule has 9 heteroatoms. The van der Waals surface area contributed by atoms with Gasteiger partial charge in [-0.1, -0.05) is 24.3 Å². The molecule has 0 spiro atoms. The van der Waals surface area contributed by atoms with Gasteiger partial charge >= 0.3 is 6.61 Å². The molecule has 0 fully saturated rings. The van der Waals surface area contributed by atoms with E-state index in [0.717, 1.165) is 11.3 Å². The number of rotatable bonds is 9. The van der Waals surface area contributed by atoms with E-state index in [9.17, 15) is 8.78 Å². The maximum absolute atomic E-state index is 12.6. The van der Waals surface area contributed by atoms with Crippen LogP contribution in [-0.2, 0) is 13.1 Å². The number of hydrogen-bond acceptors (Lipinski definition) is 4. The number of nitrogens with zero attached hydrogens (tertiary/aromatic N) is 1. The van der Waals surface area contributed by atoms with Crippen LogP contribution in [0.3, 0.4) is 0 Å². The Kier molecular flexibility index (Phi) is 11.1. The van der Waals surface area contributed by atoms with E-state index in [4.69, 9.17) is 9.47 Å². The fourth-order valence-electron chi connectivity index (χ4n) is 2.55. The molecule has 0 saturated carbocycles. The lowest BCUT2D eigenvalue weighted by atomic mass is 10.2. The van der Waals surface area contributed by atoms with Crippen LogP contribution in [0.1, 0.15) is 18.1 Å². The van der Waals surface area contributed by atoms with Gasteiger partial charge in [0.1, 0.15) is 5.75 Å². The molecular formula is C20H26F2IN3O3. The fourth-order valence-corrected chi connectivity index (χ4v) is 2.55. The maximum atomic E-state index is 12.6. The van der Waals surface area contributed by atoms with E-state index in [0.29, 0.717) is 24.6 Å². The highest BCUT2D eigenvalue weighted by atomic mass is 127. The third kappa shape index (κ3) is 7.92. The van der Waals surface area contributed by atoms with Crippen molar-refractivity contribution in [2.75, 3.05) is 20.8 Å². The summed E-state index contributed by atoms with van der Waals surface area (Å²) >= 11 is 0. The summed E-state index contributed by atoms with van der Waals surface area (Å²) in [6.45, 7) is 0.526. The van der Waals surface area contributed by atoms with Crippen molar-refractivity contribution < 1.29 is 23.0 Å². The first-order valence-corrected chi connectivity index (χ1v) is 8.83. The highest BCUT2D eigenvalue weighted by Crippen LogP contribution is 2.29. The minimum absolute atomic E-state index is 0. The Morgan fingerprint density at radius 2 is 1.72 bits per heavy atom. The molecule has 0 amide bonds. The summed E-state index contributed by atoms with van der Waals surface area (Å²) in [4.78, 5) is 4.50. The van der Waals surface area contributed by atoms with Crippen LogP contribution in [0.15, 0.2) is 47.5 Å². The second-order valence-electron chi connectivity index (χ2n) is 5.72. The van der Waals surface area contributed by atoms with E-state index in [2.05, 4.69) is 20.4 Å². The molecule has 6 nitrogen and oxygen atoms in total. The third-order valence-electron chi connectivity index (χ3n) is 3.85. The molecular weight excluding hydrogens is 495 g/mol. The summed E-state index contributed by atoms with van der Waals surface area (Å²) in [7, 11) is 3.03. The lowest BCUT2D eigenvalue weighted by molar-refractivity contribution is -0.0512. The third-order valence-corrected chi connectivity index (χ3v) is 3.85. The Hall–Kier alpha value is -2.30. The quantitative estimate of drug-likeness (QED) is 0.295. The van der Waals surface area contributed by atoms with Gasteiger partial charge in [-0.05, 0) is 30.7 Å². The average molecular weight is 521 g/mol. The number of guanidine groups is 1.